The number of halogens is 1. The Morgan fingerprint density at radius 1 is 1.14 bits per heavy atom. The second-order valence-corrected chi connectivity index (χ2v) is 7.19. The molecule has 1 heterocycles. The highest BCUT2D eigenvalue weighted by molar-refractivity contribution is 9.10. The Morgan fingerprint density at radius 3 is 2.75 bits per heavy atom. The van der Waals surface area contributed by atoms with Gasteiger partial charge < -0.3 is 14.8 Å². The second-order valence-electron chi connectivity index (χ2n) is 6.34. The van der Waals surface area contributed by atoms with Crippen LogP contribution in [-0.2, 0) is 6.42 Å². The van der Waals surface area contributed by atoms with Crippen LogP contribution in [0.25, 0.3) is 22.6 Å². The van der Waals surface area contributed by atoms with E-state index in [0.29, 0.717) is 32.8 Å². The zero-order valence-electron chi connectivity index (χ0n) is 15.1. The Kier molecular flexibility index (Phi) is 4.88. The quantitative estimate of drug-likeness (QED) is 0.397. The molecular formula is C22H17BrN2O3. The molecule has 0 fully saturated rings. The predicted molar refractivity (Wildman–Crippen MR) is 113 cm³/mol. The van der Waals surface area contributed by atoms with Crippen molar-refractivity contribution in [2.75, 3.05) is 5.32 Å². The van der Waals surface area contributed by atoms with E-state index in [9.17, 15) is 9.90 Å². The van der Waals surface area contributed by atoms with E-state index >= 15 is 0 Å². The average molecular weight is 437 g/mol. The van der Waals surface area contributed by atoms with Gasteiger partial charge in [0.25, 0.3) is 5.91 Å². The minimum atomic E-state index is -0.255. The summed E-state index contributed by atoms with van der Waals surface area (Å²) in [5.41, 5.74) is 4.01. The number of hydrogen-bond acceptors (Lipinski definition) is 4. The van der Waals surface area contributed by atoms with E-state index in [1.807, 2.05) is 24.3 Å². The van der Waals surface area contributed by atoms with Gasteiger partial charge in [-0.2, -0.15) is 0 Å². The summed E-state index contributed by atoms with van der Waals surface area (Å²) in [6.07, 6.45) is 0.903. The van der Waals surface area contributed by atoms with E-state index in [2.05, 4.69) is 33.2 Å². The fraction of sp³-hybridized carbons (Fsp3) is 0.0909. The Labute approximate surface area is 170 Å². The summed E-state index contributed by atoms with van der Waals surface area (Å²) in [4.78, 5) is 17.0. The summed E-state index contributed by atoms with van der Waals surface area (Å²) in [6.45, 7) is 2.07. The van der Waals surface area contributed by atoms with Gasteiger partial charge in [0.2, 0.25) is 5.89 Å². The molecule has 1 amide bonds. The predicted octanol–water partition coefficient (Wildman–Crippen LogP) is 5.78. The third-order valence-corrected chi connectivity index (χ3v) is 5.16. The lowest BCUT2D eigenvalue weighted by Gasteiger charge is -2.08. The van der Waals surface area contributed by atoms with Crippen molar-refractivity contribution in [2.24, 2.45) is 0 Å². The zero-order valence-corrected chi connectivity index (χ0v) is 16.7. The summed E-state index contributed by atoms with van der Waals surface area (Å²) < 4.78 is 6.51. The van der Waals surface area contributed by atoms with Crippen LogP contribution >= 0.6 is 15.9 Å². The summed E-state index contributed by atoms with van der Waals surface area (Å²) in [7, 11) is 0. The Balaban J connectivity index is 1.68. The molecule has 0 saturated carbocycles. The molecule has 0 unspecified atom stereocenters. The minimum absolute atomic E-state index is 0.0289. The van der Waals surface area contributed by atoms with Gasteiger partial charge in [-0.1, -0.05) is 25.1 Å². The number of anilines is 1. The number of aromatic nitrogens is 1. The van der Waals surface area contributed by atoms with Gasteiger partial charge in [-0.25, -0.2) is 4.98 Å². The smallest absolute Gasteiger partial charge is 0.256 e. The number of nitrogens with one attached hydrogen (secondary N) is 1. The number of carbonyl (C=O) groups is 1. The third-order valence-electron chi connectivity index (χ3n) is 4.46. The Morgan fingerprint density at radius 2 is 1.96 bits per heavy atom. The molecule has 0 aliphatic carbocycles. The first-order valence-electron chi connectivity index (χ1n) is 8.84. The first-order chi connectivity index (χ1) is 13.5. The van der Waals surface area contributed by atoms with Crippen LogP contribution in [0.5, 0.6) is 5.75 Å². The maximum atomic E-state index is 12.5. The molecule has 4 rings (SSSR count). The van der Waals surface area contributed by atoms with Gasteiger partial charge in [0, 0.05) is 10.2 Å². The topological polar surface area (TPSA) is 75.4 Å². The molecular weight excluding hydrogens is 420 g/mol. The minimum Gasteiger partial charge on any atom is -0.507 e. The second kappa shape index (κ2) is 7.48. The van der Waals surface area contributed by atoms with Crippen LogP contribution in [0.15, 0.2) is 69.6 Å². The number of phenolic OH excluding ortho intramolecular Hbond substituents is 1. The van der Waals surface area contributed by atoms with Crippen molar-refractivity contribution in [1.82, 2.24) is 4.98 Å². The van der Waals surface area contributed by atoms with Crippen molar-refractivity contribution >= 4 is 38.6 Å². The zero-order chi connectivity index (χ0) is 19.7. The van der Waals surface area contributed by atoms with Crippen molar-refractivity contribution in [2.45, 2.75) is 13.3 Å². The molecule has 0 atom stereocenters. The van der Waals surface area contributed by atoms with Gasteiger partial charge in [0.1, 0.15) is 11.3 Å². The lowest BCUT2D eigenvalue weighted by atomic mass is 10.1. The highest BCUT2D eigenvalue weighted by atomic mass is 79.9. The molecule has 3 aromatic carbocycles. The van der Waals surface area contributed by atoms with E-state index in [0.717, 1.165) is 17.5 Å². The number of phenols is 1. The lowest BCUT2D eigenvalue weighted by Crippen LogP contribution is -2.12. The molecule has 0 aliphatic heterocycles. The van der Waals surface area contributed by atoms with Gasteiger partial charge in [0.05, 0.1) is 11.1 Å². The number of amides is 1. The molecule has 28 heavy (non-hydrogen) atoms. The van der Waals surface area contributed by atoms with Crippen LogP contribution in [0.4, 0.5) is 5.69 Å². The molecule has 0 radical (unpaired) electrons. The number of carbonyl (C=O) groups excluding carboxylic acids is 1. The molecule has 1 aromatic heterocycles. The van der Waals surface area contributed by atoms with Crippen LogP contribution in [0, 0.1) is 0 Å². The first-order valence-corrected chi connectivity index (χ1v) is 9.63. The highest BCUT2D eigenvalue weighted by Crippen LogP contribution is 2.33. The molecule has 140 valence electrons. The van der Waals surface area contributed by atoms with E-state index in [1.165, 1.54) is 6.07 Å². The summed E-state index contributed by atoms with van der Waals surface area (Å²) in [5.74, 6) is 0.0770. The molecule has 2 N–H and O–H groups in total. The van der Waals surface area contributed by atoms with Gasteiger partial charge in [-0.3, -0.25) is 4.79 Å². The fourth-order valence-electron chi connectivity index (χ4n) is 2.94. The van der Waals surface area contributed by atoms with Crippen LogP contribution in [0.3, 0.4) is 0 Å². The summed E-state index contributed by atoms with van der Waals surface area (Å²) in [6, 6.07) is 17.8. The molecule has 0 aliphatic rings. The third kappa shape index (κ3) is 3.51. The number of oxazole rings is 1. The van der Waals surface area contributed by atoms with Crippen molar-refractivity contribution in [3.63, 3.8) is 0 Å². The largest absolute Gasteiger partial charge is 0.507 e. The van der Waals surface area contributed by atoms with Crippen molar-refractivity contribution in [3.8, 4) is 17.2 Å². The normalized spacial score (nSPS) is 10.9. The van der Waals surface area contributed by atoms with Crippen molar-refractivity contribution < 1.29 is 14.3 Å². The van der Waals surface area contributed by atoms with Crippen LogP contribution in [0.1, 0.15) is 22.8 Å². The van der Waals surface area contributed by atoms with E-state index < -0.39 is 0 Å². The first kappa shape index (κ1) is 18.3. The van der Waals surface area contributed by atoms with Crippen LogP contribution < -0.4 is 5.32 Å². The van der Waals surface area contributed by atoms with E-state index in [4.69, 9.17) is 4.42 Å². The van der Waals surface area contributed by atoms with Crippen LogP contribution in [0.2, 0.25) is 0 Å². The average Bonchev–Trinajstić information content (AvgIpc) is 3.12. The SMILES string of the molecule is CCc1ccc2oc(-c3cc(NC(=O)c4ccccc4Br)ccc3O)nc2c1. The van der Waals surface area contributed by atoms with E-state index in [1.54, 1.807) is 30.3 Å². The van der Waals surface area contributed by atoms with Gasteiger partial charge in [-0.05, 0) is 70.4 Å². The molecule has 6 heteroatoms. The summed E-state index contributed by atoms with van der Waals surface area (Å²) >= 11 is 3.38. The van der Waals surface area contributed by atoms with Crippen molar-refractivity contribution in [1.29, 1.82) is 0 Å². The molecule has 5 nitrogen and oxygen atoms in total. The van der Waals surface area contributed by atoms with Gasteiger partial charge in [-0.15, -0.1) is 0 Å². The Bertz CT molecular complexity index is 1180. The van der Waals surface area contributed by atoms with Gasteiger partial charge in [0.15, 0.2) is 5.58 Å². The number of aromatic hydroxyl groups is 1. The molecule has 4 aromatic rings. The van der Waals surface area contributed by atoms with Crippen LogP contribution in [-0.4, -0.2) is 16.0 Å². The van der Waals surface area contributed by atoms with Crippen molar-refractivity contribution in [3.05, 3.63) is 76.3 Å². The number of nitrogens with zero attached hydrogens (tertiary/aromatic N) is 1. The maximum Gasteiger partial charge on any atom is 0.256 e. The number of fused-ring (bicyclic) bond motifs is 1. The molecule has 0 saturated heterocycles. The number of rotatable bonds is 4. The lowest BCUT2D eigenvalue weighted by molar-refractivity contribution is 0.102. The van der Waals surface area contributed by atoms with E-state index in [-0.39, 0.29) is 11.7 Å². The summed E-state index contributed by atoms with van der Waals surface area (Å²) in [5, 5.41) is 13.1. The van der Waals surface area contributed by atoms with Gasteiger partial charge >= 0.3 is 0 Å². The number of aryl methyl sites for hydroxylation is 1. The maximum absolute atomic E-state index is 12.5. The standard InChI is InChI=1S/C22H17BrN2O3/c1-2-13-7-10-20-18(11-13)25-22(28-20)16-12-14(8-9-19(16)26)24-21(27)15-5-3-4-6-17(15)23/h3-12,26H,2H2,1H3,(H,24,27). The molecule has 0 bridgehead atoms. The fourth-order valence-corrected chi connectivity index (χ4v) is 3.40. The Hall–Kier alpha value is -3.12. The molecule has 0 spiro atoms. The highest BCUT2D eigenvalue weighted by Gasteiger charge is 2.15. The monoisotopic (exact) mass is 436 g/mol. The number of benzene rings is 3. The number of hydrogen-bond donors (Lipinski definition) is 2.